The van der Waals surface area contributed by atoms with E-state index in [1.807, 2.05) is 0 Å². The van der Waals surface area contributed by atoms with Gasteiger partial charge in [-0.05, 0) is 35.4 Å². The number of hydrogen-bond acceptors (Lipinski definition) is 10. The third-order valence-electron chi connectivity index (χ3n) is 4.36. The summed E-state index contributed by atoms with van der Waals surface area (Å²) in [6.07, 6.45) is 0. The molecule has 2 unspecified atom stereocenters. The molecule has 33 heavy (non-hydrogen) atoms. The average molecular weight is 496 g/mol. The number of nitrogens with one attached hydrogen (secondary N) is 2. The van der Waals surface area contributed by atoms with Crippen molar-refractivity contribution in [1.82, 2.24) is 10.6 Å². The Morgan fingerprint density at radius 2 is 1.06 bits per heavy atom. The fraction of sp³-hybridized carbons (Fsp3) is 0.300. The Morgan fingerprint density at radius 1 is 0.758 bits per heavy atom. The van der Waals surface area contributed by atoms with E-state index in [0.29, 0.717) is 11.5 Å². The van der Waals surface area contributed by atoms with Crippen LogP contribution in [-0.2, 0) is 19.4 Å². The number of carbonyl (C=O) groups excluding carboxylic acids is 2. The molecule has 0 bridgehead atoms. The van der Waals surface area contributed by atoms with Crippen LogP contribution in [0.3, 0.4) is 0 Å². The predicted octanol–water partition coefficient (Wildman–Crippen LogP) is -7.50. The molecule has 2 atom stereocenters. The molecule has 0 heterocycles. The molecule has 0 aliphatic rings. The van der Waals surface area contributed by atoms with Gasteiger partial charge < -0.3 is 29.3 Å². The number of benzene rings is 2. The molecule has 0 saturated heterocycles. The molecule has 2 aromatic carbocycles. The number of rotatable bonds is 12. The molecule has 2 rings (SSSR count). The Balaban J connectivity index is 0.00000512. The van der Waals surface area contributed by atoms with E-state index in [1.165, 1.54) is 62.8 Å². The minimum Gasteiger partial charge on any atom is -0.549 e. The van der Waals surface area contributed by atoms with Crippen molar-refractivity contribution >= 4 is 21.8 Å². The quantitative estimate of drug-likeness (QED) is 0.271. The zero-order valence-corrected chi connectivity index (χ0v) is 23.7. The van der Waals surface area contributed by atoms with Crippen molar-refractivity contribution in [3.8, 4) is 11.5 Å². The Morgan fingerprint density at radius 3 is 1.30 bits per heavy atom. The Hall–Kier alpha value is -1.15. The number of ether oxygens (including phenoxy) is 2. The second-order valence-corrected chi connectivity index (χ2v) is 8.52. The van der Waals surface area contributed by atoms with Crippen molar-refractivity contribution in [3.05, 3.63) is 59.7 Å². The maximum atomic E-state index is 13.6. The Bertz CT molecular complexity index is 926. The SMILES string of the molecule is COc1ccc(C(NCC(=O)[O-])S(=O)(=O)C(NCC(=O)[O-])c2ccc(OC)cc2)cc1.[Na+].[Na+]. The monoisotopic (exact) mass is 496 g/mol. The van der Waals surface area contributed by atoms with E-state index in [9.17, 15) is 28.2 Å². The number of hydrogen-bond donors (Lipinski definition) is 2. The second-order valence-electron chi connectivity index (χ2n) is 6.40. The summed E-state index contributed by atoms with van der Waals surface area (Å²) in [4.78, 5) is 22.0. The first-order valence-electron chi connectivity index (χ1n) is 9.06. The third kappa shape index (κ3) is 9.19. The van der Waals surface area contributed by atoms with Gasteiger partial charge in [0.25, 0.3) is 0 Å². The fourth-order valence-electron chi connectivity index (χ4n) is 2.89. The van der Waals surface area contributed by atoms with Crippen LogP contribution in [0, 0.1) is 0 Å². The van der Waals surface area contributed by atoms with Gasteiger partial charge in [-0.15, -0.1) is 0 Å². The van der Waals surface area contributed by atoms with Crippen molar-refractivity contribution in [2.45, 2.75) is 10.7 Å². The van der Waals surface area contributed by atoms with Crippen LogP contribution in [-0.4, -0.2) is 47.7 Å². The Labute approximate surface area is 236 Å². The van der Waals surface area contributed by atoms with Gasteiger partial charge in [0, 0.05) is 13.1 Å². The van der Waals surface area contributed by atoms with Crippen molar-refractivity contribution in [3.63, 3.8) is 0 Å². The summed E-state index contributed by atoms with van der Waals surface area (Å²) in [6, 6.07) is 12.0. The van der Waals surface area contributed by atoms with E-state index in [2.05, 4.69) is 10.6 Å². The summed E-state index contributed by atoms with van der Waals surface area (Å²) < 4.78 is 37.2. The van der Waals surface area contributed by atoms with Crippen LogP contribution in [0.5, 0.6) is 11.5 Å². The second kappa shape index (κ2) is 15.0. The summed E-state index contributed by atoms with van der Waals surface area (Å²) in [5.41, 5.74) is 0.464. The third-order valence-corrected chi connectivity index (χ3v) is 6.55. The maximum Gasteiger partial charge on any atom is 1.00 e. The molecular weight excluding hydrogens is 474 g/mol. The minimum absolute atomic E-state index is 0. The molecular formula is C20H22N2Na2O8S. The van der Waals surface area contributed by atoms with Gasteiger partial charge in [-0.1, -0.05) is 24.3 Å². The number of aliphatic carboxylic acids is 2. The number of sulfone groups is 1. The van der Waals surface area contributed by atoms with E-state index < -0.39 is 45.6 Å². The topological polar surface area (TPSA) is 157 Å². The largest absolute Gasteiger partial charge is 1.00 e. The minimum atomic E-state index is -4.29. The zero-order valence-electron chi connectivity index (χ0n) is 18.9. The normalized spacial score (nSPS) is 12.4. The molecule has 2 N–H and O–H groups in total. The Kier molecular flexibility index (Phi) is 14.4. The van der Waals surface area contributed by atoms with Gasteiger partial charge in [0.05, 0.1) is 26.2 Å². The average Bonchev–Trinajstić information content (AvgIpc) is 2.74. The van der Waals surface area contributed by atoms with Gasteiger partial charge in [-0.25, -0.2) is 8.42 Å². The molecule has 0 aromatic heterocycles. The van der Waals surface area contributed by atoms with E-state index >= 15 is 0 Å². The number of carboxylic acid groups (broad SMARTS) is 2. The first kappa shape index (κ1) is 31.9. The van der Waals surface area contributed by atoms with Crippen molar-refractivity contribution in [2.75, 3.05) is 27.3 Å². The standard InChI is InChI=1S/C20H24N2O8S.2Na/c1-29-15-7-3-13(4-8-15)19(21-11-17(23)24)31(27,28)20(22-12-18(25)26)14-5-9-16(30-2)10-6-14;;/h3-10,19-22H,11-12H2,1-2H3,(H,23,24)(H,25,26);;/q;2*+1/p-2. The number of carboxylic acids is 2. The molecule has 0 aliphatic heterocycles. The molecule has 10 nitrogen and oxygen atoms in total. The molecule has 0 saturated carbocycles. The van der Waals surface area contributed by atoms with E-state index in [1.54, 1.807) is 0 Å². The first-order valence-corrected chi connectivity index (χ1v) is 10.7. The fourth-order valence-corrected chi connectivity index (χ4v) is 4.87. The number of methoxy groups -OCH3 is 2. The van der Waals surface area contributed by atoms with Crippen LogP contribution in [0.15, 0.2) is 48.5 Å². The molecule has 0 radical (unpaired) electrons. The van der Waals surface area contributed by atoms with Crippen LogP contribution < -0.4 is 89.4 Å². The molecule has 0 amide bonds. The molecule has 13 heteroatoms. The molecule has 0 fully saturated rings. The number of carbonyl (C=O) groups is 2. The van der Waals surface area contributed by atoms with Crippen LogP contribution in [0.25, 0.3) is 0 Å². The van der Waals surface area contributed by atoms with Crippen LogP contribution in [0.4, 0.5) is 0 Å². The van der Waals surface area contributed by atoms with Gasteiger partial charge in [0.2, 0.25) is 0 Å². The molecule has 2 aromatic rings. The van der Waals surface area contributed by atoms with Gasteiger partial charge >= 0.3 is 59.1 Å². The van der Waals surface area contributed by atoms with Gasteiger partial charge in [0.15, 0.2) is 9.84 Å². The van der Waals surface area contributed by atoms with E-state index in [-0.39, 0.29) is 70.2 Å². The van der Waals surface area contributed by atoms with Gasteiger partial charge in [-0.2, -0.15) is 0 Å². The summed E-state index contributed by atoms with van der Waals surface area (Å²) in [5.74, 6) is -2.06. The van der Waals surface area contributed by atoms with E-state index in [4.69, 9.17) is 9.47 Å². The molecule has 0 aliphatic carbocycles. The summed E-state index contributed by atoms with van der Waals surface area (Å²) in [6.45, 7) is -1.49. The molecule has 0 spiro atoms. The smallest absolute Gasteiger partial charge is 0.549 e. The summed E-state index contributed by atoms with van der Waals surface area (Å²) in [5, 5.41) is 23.9. The maximum absolute atomic E-state index is 13.6. The van der Waals surface area contributed by atoms with Gasteiger partial charge in [0.1, 0.15) is 22.2 Å². The summed E-state index contributed by atoms with van der Waals surface area (Å²) in [7, 11) is -1.39. The van der Waals surface area contributed by atoms with Crippen molar-refractivity contribution in [2.24, 2.45) is 0 Å². The van der Waals surface area contributed by atoms with Gasteiger partial charge in [-0.3, -0.25) is 10.6 Å². The van der Waals surface area contributed by atoms with Crippen LogP contribution in [0.1, 0.15) is 21.9 Å². The summed E-state index contributed by atoms with van der Waals surface area (Å²) >= 11 is 0. The predicted molar refractivity (Wildman–Crippen MR) is 106 cm³/mol. The van der Waals surface area contributed by atoms with E-state index in [0.717, 1.165) is 0 Å². The first-order chi connectivity index (χ1) is 14.7. The van der Waals surface area contributed by atoms with Crippen molar-refractivity contribution in [1.29, 1.82) is 0 Å². The van der Waals surface area contributed by atoms with Crippen LogP contribution in [0.2, 0.25) is 0 Å². The zero-order chi connectivity index (χ0) is 23.0. The molecule has 168 valence electrons. The van der Waals surface area contributed by atoms with Crippen molar-refractivity contribution < 1.29 is 96.8 Å². The van der Waals surface area contributed by atoms with Crippen LogP contribution >= 0.6 is 0 Å².